The number of benzene rings is 1. The van der Waals surface area contributed by atoms with Crippen LogP contribution in [-0.2, 0) is 40.4 Å². The first-order valence-electron chi connectivity index (χ1n) is 10.0. The van der Waals surface area contributed by atoms with E-state index in [1.165, 1.54) is 35.5 Å². The van der Waals surface area contributed by atoms with E-state index in [2.05, 4.69) is 4.74 Å². The molecule has 0 bridgehead atoms. The second-order valence-corrected chi connectivity index (χ2v) is 9.70. The topological polar surface area (TPSA) is 153 Å². The number of likely N-dealkylation sites (tertiary alicyclic amines) is 1. The van der Waals surface area contributed by atoms with Crippen molar-refractivity contribution in [1.82, 2.24) is 4.90 Å². The maximum Gasteiger partial charge on any atom is 0.374 e. The van der Waals surface area contributed by atoms with Gasteiger partial charge in [-0.3, -0.25) is 14.1 Å². The summed E-state index contributed by atoms with van der Waals surface area (Å²) in [5.74, 6) is -1.69. The van der Waals surface area contributed by atoms with E-state index in [1.807, 2.05) is 17.7 Å². The standard InChI is InChI=1S/C15H18N2O5S.C7H8O3S/c1-9(6-17-7-11(16)14(17)19)13(15(20)21-2)22-12(18)5-10-3-4-23-8-10;1-6-2-4-7(5-3-6)11(8,9)10/h3-4,8,11H,5-7,16H2,1-2H3;2-5H,1H3,(H,8,9,10)/t11-;/m0./s1. The van der Waals surface area contributed by atoms with Gasteiger partial charge in [-0.1, -0.05) is 17.7 Å². The van der Waals surface area contributed by atoms with E-state index >= 15 is 0 Å². The Hall–Kier alpha value is -3.06. The highest BCUT2D eigenvalue weighted by Gasteiger charge is 2.34. The molecule has 3 N–H and O–H groups in total. The van der Waals surface area contributed by atoms with Gasteiger partial charge in [-0.15, -0.1) is 0 Å². The number of aryl methyl sites for hydroxylation is 1. The lowest BCUT2D eigenvalue weighted by Gasteiger charge is -2.36. The van der Waals surface area contributed by atoms with Crippen molar-refractivity contribution >= 4 is 39.3 Å². The molecule has 10 nitrogen and oxygen atoms in total. The number of esters is 2. The molecule has 184 valence electrons. The summed E-state index contributed by atoms with van der Waals surface area (Å²) in [6.07, 6.45) is 0.0603. The Labute approximate surface area is 201 Å². The average molecular weight is 511 g/mol. The van der Waals surface area contributed by atoms with Crippen LogP contribution in [0.4, 0.5) is 0 Å². The van der Waals surface area contributed by atoms with Gasteiger partial charge in [0.1, 0.15) is 6.04 Å². The Balaban J connectivity index is 0.000000310. The number of hydrogen-bond donors (Lipinski definition) is 2. The first-order valence-corrected chi connectivity index (χ1v) is 12.4. The molecule has 2 aromatic rings. The lowest BCUT2D eigenvalue weighted by molar-refractivity contribution is -0.149. The predicted molar refractivity (Wildman–Crippen MR) is 124 cm³/mol. The third-order valence-corrected chi connectivity index (χ3v) is 6.30. The number of ether oxygens (including phenoxy) is 2. The van der Waals surface area contributed by atoms with Crippen molar-refractivity contribution in [3.05, 3.63) is 63.6 Å². The van der Waals surface area contributed by atoms with Gasteiger partial charge < -0.3 is 20.1 Å². The first-order chi connectivity index (χ1) is 15.9. The maximum absolute atomic E-state index is 12.0. The molecule has 0 aliphatic carbocycles. The van der Waals surface area contributed by atoms with Crippen molar-refractivity contribution < 1.29 is 36.8 Å². The summed E-state index contributed by atoms with van der Waals surface area (Å²) < 4.78 is 39.4. The summed E-state index contributed by atoms with van der Waals surface area (Å²) >= 11 is 1.47. The zero-order valence-corrected chi connectivity index (χ0v) is 20.5. The highest BCUT2D eigenvalue weighted by atomic mass is 32.2. The fourth-order valence-corrected chi connectivity index (χ4v) is 3.99. The second kappa shape index (κ2) is 11.9. The van der Waals surface area contributed by atoms with Gasteiger partial charge in [0.25, 0.3) is 10.1 Å². The summed E-state index contributed by atoms with van der Waals surface area (Å²) in [5, 5.41) is 3.68. The Bertz CT molecular complexity index is 1160. The summed E-state index contributed by atoms with van der Waals surface area (Å²) in [4.78, 5) is 36.8. The van der Waals surface area contributed by atoms with Crippen LogP contribution in [0.3, 0.4) is 0 Å². The van der Waals surface area contributed by atoms with Crippen LogP contribution in [0.1, 0.15) is 18.1 Å². The van der Waals surface area contributed by atoms with Crippen LogP contribution >= 0.6 is 11.3 Å². The molecule has 1 aliphatic heterocycles. The molecule has 0 radical (unpaired) electrons. The molecular formula is C22H26N2O8S2. The van der Waals surface area contributed by atoms with Crippen LogP contribution in [0.15, 0.2) is 57.3 Å². The van der Waals surface area contributed by atoms with Crippen molar-refractivity contribution in [3.8, 4) is 0 Å². The number of carbonyl (C=O) groups excluding carboxylic acids is 3. The van der Waals surface area contributed by atoms with Crippen LogP contribution in [-0.4, -0.2) is 62.0 Å². The molecule has 12 heteroatoms. The highest BCUT2D eigenvalue weighted by molar-refractivity contribution is 7.85. The number of carbonyl (C=O) groups is 3. The molecule has 1 aliphatic rings. The SMILES string of the molecule is COC(=O)C(OC(=O)Cc1ccsc1)=C(C)CN1C[C@H](N)C1=O.Cc1ccc(S(=O)(=O)O)cc1. The van der Waals surface area contributed by atoms with Gasteiger partial charge in [-0.2, -0.15) is 19.8 Å². The van der Waals surface area contributed by atoms with Crippen molar-refractivity contribution in [2.24, 2.45) is 5.73 Å². The minimum atomic E-state index is -4.02. The van der Waals surface area contributed by atoms with Crippen molar-refractivity contribution in [2.75, 3.05) is 20.2 Å². The smallest absolute Gasteiger partial charge is 0.374 e. The van der Waals surface area contributed by atoms with Gasteiger partial charge in [0, 0.05) is 13.1 Å². The largest absolute Gasteiger partial charge is 0.463 e. The quantitative estimate of drug-likeness (QED) is 0.186. The molecule has 1 saturated heterocycles. The van der Waals surface area contributed by atoms with E-state index in [0.29, 0.717) is 12.1 Å². The first kappa shape index (κ1) is 27.2. The average Bonchev–Trinajstić information content (AvgIpc) is 3.29. The Morgan fingerprint density at radius 3 is 2.35 bits per heavy atom. The van der Waals surface area contributed by atoms with Gasteiger partial charge in [-0.05, 0) is 53.9 Å². The summed E-state index contributed by atoms with van der Waals surface area (Å²) in [7, 11) is -2.82. The van der Waals surface area contributed by atoms with Gasteiger partial charge in [0.2, 0.25) is 11.7 Å². The van der Waals surface area contributed by atoms with E-state index in [-0.39, 0.29) is 29.5 Å². The third-order valence-electron chi connectivity index (χ3n) is 4.70. The van der Waals surface area contributed by atoms with E-state index in [9.17, 15) is 22.8 Å². The molecule has 2 heterocycles. The highest BCUT2D eigenvalue weighted by Crippen LogP contribution is 2.16. The molecule has 0 unspecified atom stereocenters. The predicted octanol–water partition coefficient (Wildman–Crippen LogP) is 1.69. The Kier molecular flexibility index (Phi) is 9.50. The van der Waals surface area contributed by atoms with Crippen LogP contribution in [0, 0.1) is 6.92 Å². The number of nitrogens with two attached hydrogens (primary N) is 1. The number of thiophene rings is 1. The van der Waals surface area contributed by atoms with Gasteiger partial charge in [0.05, 0.1) is 18.4 Å². The maximum atomic E-state index is 12.0. The zero-order chi connectivity index (χ0) is 25.5. The molecule has 1 atom stereocenters. The lowest BCUT2D eigenvalue weighted by Crippen LogP contribution is -2.61. The van der Waals surface area contributed by atoms with Crippen molar-refractivity contribution in [2.45, 2.75) is 31.2 Å². The van der Waals surface area contributed by atoms with Crippen molar-refractivity contribution in [1.29, 1.82) is 0 Å². The minimum absolute atomic E-state index is 0.0603. The van der Waals surface area contributed by atoms with E-state index in [1.54, 1.807) is 25.1 Å². The molecular weight excluding hydrogens is 484 g/mol. The lowest BCUT2D eigenvalue weighted by atomic mass is 10.1. The monoisotopic (exact) mass is 510 g/mol. The molecule has 0 spiro atoms. The Morgan fingerprint density at radius 2 is 1.88 bits per heavy atom. The number of methoxy groups -OCH3 is 1. The fraction of sp³-hybridized carbons (Fsp3) is 0.318. The van der Waals surface area contributed by atoms with Crippen LogP contribution in [0.2, 0.25) is 0 Å². The summed E-state index contributed by atoms with van der Waals surface area (Å²) in [6.45, 7) is 4.03. The Morgan fingerprint density at radius 1 is 1.24 bits per heavy atom. The van der Waals surface area contributed by atoms with E-state index in [0.717, 1.165) is 11.1 Å². The number of β-lactam (4-membered cyclic amide) rings is 1. The van der Waals surface area contributed by atoms with Gasteiger partial charge >= 0.3 is 11.9 Å². The number of nitrogens with zero attached hydrogens (tertiary/aromatic N) is 1. The molecule has 1 fully saturated rings. The van der Waals surface area contributed by atoms with Crippen LogP contribution in [0.5, 0.6) is 0 Å². The molecule has 3 rings (SSSR count). The molecule has 1 aromatic carbocycles. The molecule has 1 aromatic heterocycles. The molecule has 1 amide bonds. The molecule has 34 heavy (non-hydrogen) atoms. The minimum Gasteiger partial charge on any atom is -0.463 e. The van der Waals surface area contributed by atoms with Gasteiger partial charge in [-0.25, -0.2) is 4.79 Å². The van der Waals surface area contributed by atoms with Crippen LogP contribution < -0.4 is 5.73 Å². The third kappa shape index (κ3) is 7.76. The summed E-state index contributed by atoms with van der Waals surface area (Å²) in [6, 6.07) is 7.30. The van der Waals surface area contributed by atoms with Crippen molar-refractivity contribution in [3.63, 3.8) is 0 Å². The second-order valence-electron chi connectivity index (χ2n) is 7.50. The number of rotatable bonds is 7. The van der Waals surface area contributed by atoms with Crippen LogP contribution in [0.25, 0.3) is 0 Å². The fourth-order valence-electron chi connectivity index (χ4n) is 2.84. The van der Waals surface area contributed by atoms with E-state index in [4.69, 9.17) is 15.0 Å². The molecule has 0 saturated carbocycles. The van der Waals surface area contributed by atoms with Gasteiger partial charge in [0.15, 0.2) is 0 Å². The summed E-state index contributed by atoms with van der Waals surface area (Å²) in [5.41, 5.74) is 7.73. The zero-order valence-electron chi connectivity index (χ0n) is 18.9. The van der Waals surface area contributed by atoms with E-state index < -0.39 is 28.1 Å². The number of hydrogen-bond acceptors (Lipinski definition) is 9. The normalized spacial score (nSPS) is 16.0. The number of amides is 1.